The number of rotatable bonds is 0. The summed E-state index contributed by atoms with van der Waals surface area (Å²) >= 11 is 0. The molecule has 0 amide bonds. The first-order valence-electron chi connectivity index (χ1n) is 4.57. The zero-order chi connectivity index (χ0) is 9.26. The van der Waals surface area contributed by atoms with Crippen molar-refractivity contribution in [2.45, 2.75) is 13.3 Å². The van der Waals surface area contributed by atoms with Crippen LogP contribution in [0.4, 0.5) is 5.69 Å². The Morgan fingerprint density at radius 1 is 1.31 bits per heavy atom. The zero-order valence-electron chi connectivity index (χ0n) is 7.83. The Bertz CT molecular complexity index is 344. The molecule has 0 saturated carbocycles. The molecule has 0 bridgehead atoms. The predicted molar refractivity (Wildman–Crippen MR) is 61.8 cm³/mol. The molecule has 1 aliphatic rings. The van der Waals surface area contributed by atoms with E-state index in [0.717, 1.165) is 13.0 Å². The standard InChI is InChI=1S/C11H14NP/c1-9-5-4-8-12(13)11-7-3-2-6-10(9)11/h2-3,5-7H,4,8,13H2,1H3. The third-order valence-corrected chi connectivity index (χ3v) is 3.00. The summed E-state index contributed by atoms with van der Waals surface area (Å²) in [7, 11) is 2.78. The molecular weight excluding hydrogens is 177 g/mol. The van der Waals surface area contributed by atoms with Crippen molar-refractivity contribution in [2.24, 2.45) is 0 Å². The second-order valence-corrected chi connectivity index (χ2v) is 4.01. The average Bonchev–Trinajstić information content (AvgIpc) is 2.29. The van der Waals surface area contributed by atoms with E-state index in [4.69, 9.17) is 0 Å². The van der Waals surface area contributed by atoms with Crippen molar-refractivity contribution in [1.82, 2.24) is 0 Å². The van der Waals surface area contributed by atoms with Gasteiger partial charge in [-0.1, -0.05) is 24.3 Å². The summed E-state index contributed by atoms with van der Waals surface area (Å²) in [5.74, 6) is 0. The van der Waals surface area contributed by atoms with Crippen LogP contribution in [0.3, 0.4) is 0 Å². The van der Waals surface area contributed by atoms with E-state index >= 15 is 0 Å². The van der Waals surface area contributed by atoms with Crippen LogP contribution in [-0.2, 0) is 0 Å². The Hall–Kier alpha value is -0.810. The molecule has 0 N–H and O–H groups in total. The molecule has 1 unspecified atom stereocenters. The fourth-order valence-corrected chi connectivity index (χ4v) is 2.08. The van der Waals surface area contributed by atoms with Gasteiger partial charge in [-0.3, -0.25) is 0 Å². The van der Waals surface area contributed by atoms with Crippen LogP contribution in [0.5, 0.6) is 0 Å². The second kappa shape index (κ2) is 3.51. The molecule has 68 valence electrons. The highest BCUT2D eigenvalue weighted by molar-refractivity contribution is 7.19. The van der Waals surface area contributed by atoms with E-state index < -0.39 is 0 Å². The highest BCUT2D eigenvalue weighted by Gasteiger charge is 2.10. The SMILES string of the molecule is CC1=CCCN(P)c2ccccc21. The van der Waals surface area contributed by atoms with Crippen LogP contribution in [0.1, 0.15) is 18.9 Å². The molecule has 1 aromatic carbocycles. The van der Waals surface area contributed by atoms with Gasteiger partial charge in [0.1, 0.15) is 0 Å². The van der Waals surface area contributed by atoms with Gasteiger partial charge in [0.25, 0.3) is 0 Å². The van der Waals surface area contributed by atoms with Gasteiger partial charge in [0.15, 0.2) is 0 Å². The van der Waals surface area contributed by atoms with Crippen LogP contribution < -0.4 is 4.67 Å². The fraction of sp³-hybridized carbons (Fsp3) is 0.273. The third kappa shape index (κ3) is 1.62. The van der Waals surface area contributed by atoms with Crippen molar-refractivity contribution in [3.05, 3.63) is 35.9 Å². The largest absolute Gasteiger partial charge is 0.355 e. The molecule has 0 radical (unpaired) electrons. The van der Waals surface area contributed by atoms with Gasteiger partial charge in [0.05, 0.1) is 0 Å². The highest BCUT2D eigenvalue weighted by Crippen LogP contribution is 2.31. The van der Waals surface area contributed by atoms with Gasteiger partial charge < -0.3 is 4.67 Å². The molecule has 0 fully saturated rings. The Morgan fingerprint density at radius 2 is 2.08 bits per heavy atom. The monoisotopic (exact) mass is 191 g/mol. The molecular formula is C11H14NP. The normalized spacial score (nSPS) is 16.2. The van der Waals surface area contributed by atoms with E-state index in [1.807, 2.05) is 0 Å². The Morgan fingerprint density at radius 3 is 2.92 bits per heavy atom. The quantitative estimate of drug-likeness (QED) is 0.569. The van der Waals surface area contributed by atoms with Crippen molar-refractivity contribution in [3.63, 3.8) is 0 Å². The summed E-state index contributed by atoms with van der Waals surface area (Å²) in [5, 5.41) is 0. The topological polar surface area (TPSA) is 3.24 Å². The lowest BCUT2D eigenvalue weighted by atomic mass is 10.1. The molecule has 1 nitrogen and oxygen atoms in total. The summed E-state index contributed by atoms with van der Waals surface area (Å²) in [6.45, 7) is 3.27. The van der Waals surface area contributed by atoms with E-state index in [1.165, 1.54) is 16.8 Å². The third-order valence-electron chi connectivity index (χ3n) is 2.46. The minimum Gasteiger partial charge on any atom is -0.355 e. The van der Waals surface area contributed by atoms with Gasteiger partial charge in [0.2, 0.25) is 0 Å². The van der Waals surface area contributed by atoms with Crippen LogP contribution in [-0.4, -0.2) is 6.54 Å². The summed E-state index contributed by atoms with van der Waals surface area (Å²) in [6.07, 6.45) is 3.44. The molecule has 0 saturated heterocycles. The molecule has 2 rings (SSSR count). The lowest BCUT2D eigenvalue weighted by Crippen LogP contribution is -2.09. The summed E-state index contributed by atoms with van der Waals surface area (Å²) in [6, 6.07) is 8.54. The minimum atomic E-state index is 1.08. The number of fused-ring (bicyclic) bond motifs is 1. The molecule has 1 atom stereocenters. The number of hydrogen-bond acceptors (Lipinski definition) is 1. The average molecular weight is 191 g/mol. The fourth-order valence-electron chi connectivity index (χ4n) is 1.71. The molecule has 1 aliphatic heterocycles. The molecule has 0 aromatic heterocycles. The number of anilines is 1. The van der Waals surface area contributed by atoms with Gasteiger partial charge in [-0.2, -0.15) is 0 Å². The zero-order valence-corrected chi connectivity index (χ0v) is 8.98. The molecule has 1 heterocycles. The van der Waals surface area contributed by atoms with E-state index in [1.54, 1.807) is 0 Å². The first kappa shape index (κ1) is 8.77. The van der Waals surface area contributed by atoms with Crippen LogP contribution in [0.15, 0.2) is 30.3 Å². The van der Waals surface area contributed by atoms with Gasteiger partial charge in [-0.05, 0) is 34.4 Å². The lowest BCUT2D eigenvalue weighted by Gasteiger charge is -2.18. The van der Waals surface area contributed by atoms with E-state index in [0.29, 0.717) is 0 Å². The maximum atomic E-state index is 2.78. The highest BCUT2D eigenvalue weighted by atomic mass is 31.0. The molecule has 0 aliphatic carbocycles. The number of benzene rings is 1. The van der Waals surface area contributed by atoms with Gasteiger partial charge in [-0.15, -0.1) is 0 Å². The van der Waals surface area contributed by atoms with Crippen molar-refractivity contribution in [3.8, 4) is 0 Å². The van der Waals surface area contributed by atoms with E-state index in [-0.39, 0.29) is 0 Å². The summed E-state index contributed by atoms with van der Waals surface area (Å²) in [5.41, 5.74) is 4.06. The first-order valence-corrected chi connectivity index (χ1v) is 5.09. The Balaban J connectivity index is 2.55. The Labute approximate surface area is 81.7 Å². The van der Waals surface area contributed by atoms with Crippen LogP contribution in [0.2, 0.25) is 0 Å². The lowest BCUT2D eigenvalue weighted by molar-refractivity contribution is 1.01. The molecule has 13 heavy (non-hydrogen) atoms. The number of para-hydroxylation sites is 1. The summed E-state index contributed by atoms with van der Waals surface area (Å²) < 4.78 is 2.24. The summed E-state index contributed by atoms with van der Waals surface area (Å²) in [4.78, 5) is 0. The number of allylic oxidation sites excluding steroid dienone is 1. The smallest absolute Gasteiger partial charge is 0.0471 e. The second-order valence-electron chi connectivity index (χ2n) is 3.39. The van der Waals surface area contributed by atoms with Crippen LogP contribution >= 0.6 is 9.39 Å². The van der Waals surface area contributed by atoms with Crippen molar-refractivity contribution < 1.29 is 0 Å². The van der Waals surface area contributed by atoms with E-state index in [2.05, 4.69) is 51.3 Å². The van der Waals surface area contributed by atoms with Crippen molar-refractivity contribution in [2.75, 3.05) is 11.2 Å². The molecule has 0 spiro atoms. The maximum absolute atomic E-state index is 2.78. The first-order chi connectivity index (χ1) is 6.29. The van der Waals surface area contributed by atoms with Gasteiger partial charge in [0, 0.05) is 17.8 Å². The van der Waals surface area contributed by atoms with E-state index in [9.17, 15) is 0 Å². The minimum absolute atomic E-state index is 1.08. The van der Waals surface area contributed by atoms with Gasteiger partial charge in [-0.25, -0.2) is 0 Å². The Kier molecular flexibility index (Phi) is 2.37. The van der Waals surface area contributed by atoms with Crippen LogP contribution in [0.25, 0.3) is 5.57 Å². The van der Waals surface area contributed by atoms with Crippen molar-refractivity contribution in [1.29, 1.82) is 0 Å². The predicted octanol–water partition coefficient (Wildman–Crippen LogP) is 3.09. The number of nitrogens with zero attached hydrogens (tertiary/aromatic N) is 1. The number of hydrogen-bond donors (Lipinski definition) is 0. The molecule has 1 aromatic rings. The maximum Gasteiger partial charge on any atom is 0.0471 e. The molecule has 2 heteroatoms. The van der Waals surface area contributed by atoms with Crippen LogP contribution in [0, 0.1) is 0 Å². The van der Waals surface area contributed by atoms with Crippen molar-refractivity contribution >= 4 is 20.7 Å². The van der Waals surface area contributed by atoms with Gasteiger partial charge >= 0.3 is 0 Å².